The Bertz CT molecular complexity index is 659. The molecule has 0 aliphatic carbocycles. The van der Waals surface area contributed by atoms with Crippen LogP contribution in [0.3, 0.4) is 0 Å². The van der Waals surface area contributed by atoms with E-state index in [2.05, 4.69) is 20.7 Å². The van der Waals surface area contributed by atoms with Crippen LogP contribution in [0.2, 0.25) is 0 Å². The molecule has 1 aromatic heterocycles. The van der Waals surface area contributed by atoms with Gasteiger partial charge < -0.3 is 10.7 Å². The molecule has 0 fully saturated rings. The number of nitrogens with two attached hydrogens (primary N) is 1. The van der Waals surface area contributed by atoms with Gasteiger partial charge in [0.25, 0.3) is 0 Å². The fraction of sp³-hybridized carbons (Fsp3) is 0.231. The minimum absolute atomic E-state index is 0.0421. The van der Waals surface area contributed by atoms with Gasteiger partial charge >= 0.3 is 5.69 Å². The lowest BCUT2D eigenvalue weighted by Crippen LogP contribution is -2.13. The first-order valence-corrected chi connectivity index (χ1v) is 6.36. The van der Waals surface area contributed by atoms with Crippen LogP contribution in [0.1, 0.15) is 25.3 Å². The minimum atomic E-state index is -0.574. The number of aromatic nitrogens is 2. The van der Waals surface area contributed by atoms with Crippen LogP contribution >= 0.6 is 0 Å². The number of hydrogen-bond donors (Lipinski definition) is 3. The molecule has 0 radical (unpaired) electrons. The Morgan fingerprint density at radius 2 is 1.90 bits per heavy atom. The summed E-state index contributed by atoms with van der Waals surface area (Å²) < 4.78 is 0. The predicted octanol–water partition coefficient (Wildman–Crippen LogP) is 2.54. The van der Waals surface area contributed by atoms with Gasteiger partial charge in [-0.3, -0.25) is 10.1 Å². The molecule has 0 aliphatic rings. The van der Waals surface area contributed by atoms with Gasteiger partial charge in [-0.15, -0.1) is 0 Å². The summed E-state index contributed by atoms with van der Waals surface area (Å²) in [5.41, 5.74) is 3.71. The summed E-state index contributed by atoms with van der Waals surface area (Å²) in [6, 6.07) is 7.57. The highest BCUT2D eigenvalue weighted by atomic mass is 16.6. The van der Waals surface area contributed by atoms with E-state index in [1.165, 1.54) is 6.33 Å². The Kier molecular flexibility index (Phi) is 4.29. The zero-order valence-electron chi connectivity index (χ0n) is 11.7. The van der Waals surface area contributed by atoms with E-state index in [1.807, 2.05) is 38.1 Å². The molecule has 0 aliphatic heterocycles. The number of nitro groups is 1. The van der Waals surface area contributed by atoms with Crippen LogP contribution in [-0.4, -0.2) is 14.9 Å². The third-order valence-corrected chi connectivity index (χ3v) is 2.98. The Morgan fingerprint density at radius 1 is 1.24 bits per heavy atom. The average Bonchev–Trinajstić information content (AvgIpc) is 2.47. The van der Waals surface area contributed by atoms with Crippen molar-refractivity contribution in [2.24, 2.45) is 5.84 Å². The lowest BCUT2D eigenvalue weighted by molar-refractivity contribution is -0.383. The van der Waals surface area contributed by atoms with E-state index in [0.29, 0.717) is 0 Å². The monoisotopic (exact) mass is 288 g/mol. The quantitative estimate of drug-likeness (QED) is 0.439. The Labute approximate surface area is 121 Å². The number of nitrogen functional groups attached to an aromatic ring is 1. The molecule has 0 saturated heterocycles. The van der Waals surface area contributed by atoms with Crippen molar-refractivity contribution in [2.45, 2.75) is 19.8 Å². The van der Waals surface area contributed by atoms with E-state index in [4.69, 9.17) is 5.84 Å². The van der Waals surface area contributed by atoms with Crippen molar-refractivity contribution >= 4 is 23.0 Å². The summed E-state index contributed by atoms with van der Waals surface area (Å²) in [4.78, 5) is 18.3. The van der Waals surface area contributed by atoms with Crippen LogP contribution in [0.4, 0.5) is 23.0 Å². The molecule has 0 saturated carbocycles. The smallest absolute Gasteiger partial charge is 0.334 e. The fourth-order valence-electron chi connectivity index (χ4n) is 1.99. The van der Waals surface area contributed by atoms with Gasteiger partial charge in [0, 0.05) is 5.69 Å². The zero-order chi connectivity index (χ0) is 15.4. The topological polar surface area (TPSA) is 119 Å². The van der Waals surface area contributed by atoms with Gasteiger partial charge in [-0.1, -0.05) is 32.0 Å². The number of para-hydroxylation sites is 1. The molecule has 0 atom stereocenters. The maximum absolute atomic E-state index is 11.2. The Hall–Kier alpha value is -2.74. The van der Waals surface area contributed by atoms with Crippen molar-refractivity contribution in [1.29, 1.82) is 0 Å². The first kappa shape index (κ1) is 14.7. The Balaban J connectivity index is 2.48. The lowest BCUT2D eigenvalue weighted by atomic mass is 10.0. The van der Waals surface area contributed by atoms with E-state index in [-0.39, 0.29) is 23.2 Å². The third-order valence-electron chi connectivity index (χ3n) is 2.98. The number of benzene rings is 1. The molecule has 8 nitrogen and oxygen atoms in total. The van der Waals surface area contributed by atoms with Crippen LogP contribution in [0.25, 0.3) is 0 Å². The summed E-state index contributed by atoms with van der Waals surface area (Å²) in [6.07, 6.45) is 1.21. The van der Waals surface area contributed by atoms with E-state index < -0.39 is 4.92 Å². The molecule has 0 spiro atoms. The Morgan fingerprint density at radius 3 is 2.52 bits per heavy atom. The maximum Gasteiger partial charge on any atom is 0.354 e. The predicted molar refractivity (Wildman–Crippen MR) is 80.3 cm³/mol. The van der Waals surface area contributed by atoms with Crippen molar-refractivity contribution in [3.8, 4) is 0 Å². The number of anilines is 3. The number of hydrazine groups is 1. The van der Waals surface area contributed by atoms with Crippen LogP contribution in [0.5, 0.6) is 0 Å². The first-order chi connectivity index (χ1) is 10.0. The molecule has 0 amide bonds. The summed E-state index contributed by atoms with van der Waals surface area (Å²) in [5.74, 6) is 5.57. The van der Waals surface area contributed by atoms with Gasteiger partial charge in [-0.2, -0.15) is 0 Å². The summed E-state index contributed by atoms with van der Waals surface area (Å²) in [5, 5.41) is 14.2. The first-order valence-electron chi connectivity index (χ1n) is 6.36. The SMILES string of the molecule is CC(C)c1ccccc1Nc1ncnc(NN)c1[N+](=O)[O-]. The van der Waals surface area contributed by atoms with Crippen molar-refractivity contribution in [3.05, 3.63) is 46.3 Å². The molecule has 8 heteroatoms. The highest BCUT2D eigenvalue weighted by Crippen LogP contribution is 2.33. The number of nitrogens with zero attached hydrogens (tertiary/aromatic N) is 3. The standard InChI is InChI=1S/C13H16N6O2/c1-8(2)9-5-3-4-6-10(9)17-12-11(19(20)21)13(18-14)16-7-15-12/h3-8H,14H2,1-2H3,(H2,15,16,17,18). The van der Waals surface area contributed by atoms with E-state index in [0.717, 1.165) is 11.3 Å². The molecule has 0 bridgehead atoms. The molecular formula is C13H16N6O2. The van der Waals surface area contributed by atoms with E-state index in [1.54, 1.807) is 0 Å². The molecule has 0 unspecified atom stereocenters. The normalized spacial score (nSPS) is 10.5. The van der Waals surface area contributed by atoms with Crippen LogP contribution in [0.15, 0.2) is 30.6 Å². The number of nitrogens with one attached hydrogen (secondary N) is 2. The molecule has 2 aromatic rings. The maximum atomic E-state index is 11.2. The highest BCUT2D eigenvalue weighted by molar-refractivity contribution is 5.74. The fourth-order valence-corrected chi connectivity index (χ4v) is 1.99. The molecule has 110 valence electrons. The van der Waals surface area contributed by atoms with Crippen molar-refractivity contribution in [3.63, 3.8) is 0 Å². The van der Waals surface area contributed by atoms with Gasteiger partial charge in [0.1, 0.15) is 6.33 Å². The second-order valence-corrected chi connectivity index (χ2v) is 4.69. The van der Waals surface area contributed by atoms with Gasteiger partial charge in [0.2, 0.25) is 11.6 Å². The summed E-state index contributed by atoms with van der Waals surface area (Å²) >= 11 is 0. The van der Waals surface area contributed by atoms with Crippen molar-refractivity contribution in [2.75, 3.05) is 10.7 Å². The molecule has 21 heavy (non-hydrogen) atoms. The van der Waals surface area contributed by atoms with E-state index in [9.17, 15) is 10.1 Å². The molecular weight excluding hydrogens is 272 g/mol. The second kappa shape index (κ2) is 6.14. The van der Waals surface area contributed by atoms with E-state index >= 15 is 0 Å². The summed E-state index contributed by atoms with van der Waals surface area (Å²) in [6.45, 7) is 4.09. The van der Waals surface area contributed by atoms with Crippen LogP contribution in [-0.2, 0) is 0 Å². The summed E-state index contributed by atoms with van der Waals surface area (Å²) in [7, 11) is 0. The highest BCUT2D eigenvalue weighted by Gasteiger charge is 2.23. The molecule has 4 N–H and O–H groups in total. The van der Waals surface area contributed by atoms with Gasteiger partial charge in [-0.05, 0) is 17.5 Å². The van der Waals surface area contributed by atoms with Crippen LogP contribution in [0, 0.1) is 10.1 Å². The second-order valence-electron chi connectivity index (χ2n) is 4.69. The van der Waals surface area contributed by atoms with Crippen molar-refractivity contribution < 1.29 is 4.92 Å². The van der Waals surface area contributed by atoms with Gasteiger partial charge in [0.05, 0.1) is 4.92 Å². The van der Waals surface area contributed by atoms with Gasteiger partial charge in [0.15, 0.2) is 0 Å². The lowest BCUT2D eigenvalue weighted by Gasteiger charge is -2.14. The molecule has 1 aromatic carbocycles. The van der Waals surface area contributed by atoms with Gasteiger partial charge in [-0.25, -0.2) is 15.8 Å². The third kappa shape index (κ3) is 3.06. The number of hydrogen-bond acceptors (Lipinski definition) is 7. The number of rotatable bonds is 5. The largest absolute Gasteiger partial charge is 0.354 e. The van der Waals surface area contributed by atoms with Crippen molar-refractivity contribution in [1.82, 2.24) is 9.97 Å². The molecule has 2 rings (SSSR count). The zero-order valence-corrected chi connectivity index (χ0v) is 11.7. The minimum Gasteiger partial charge on any atom is -0.334 e. The molecule has 1 heterocycles. The van der Waals surface area contributed by atoms with Crippen LogP contribution < -0.4 is 16.6 Å². The average molecular weight is 288 g/mol.